The van der Waals surface area contributed by atoms with E-state index in [4.69, 9.17) is 4.98 Å². The van der Waals surface area contributed by atoms with Crippen LogP contribution in [0.15, 0.2) is 24.8 Å². The van der Waals surface area contributed by atoms with Crippen molar-refractivity contribution in [1.29, 1.82) is 0 Å². The molecule has 0 amide bonds. The zero-order valence-corrected chi connectivity index (χ0v) is 10.5. The minimum atomic E-state index is 0.353. The van der Waals surface area contributed by atoms with E-state index in [0.29, 0.717) is 6.04 Å². The summed E-state index contributed by atoms with van der Waals surface area (Å²) < 4.78 is 2.01. The minimum Gasteiger partial charge on any atom is -0.309 e. The van der Waals surface area contributed by atoms with Gasteiger partial charge in [-0.15, -0.1) is 0 Å². The molecule has 0 aromatic carbocycles. The van der Waals surface area contributed by atoms with Crippen LogP contribution in [0.25, 0.3) is 5.82 Å². The van der Waals surface area contributed by atoms with Crippen molar-refractivity contribution in [2.45, 2.75) is 32.2 Å². The number of nitrogens with zero attached hydrogens (tertiary/aromatic N) is 4. The van der Waals surface area contributed by atoms with E-state index in [-0.39, 0.29) is 0 Å². The monoisotopic (exact) mass is 243 g/mol. The smallest absolute Gasteiger partial charge is 0.156 e. The lowest BCUT2D eigenvalue weighted by molar-refractivity contribution is 0.621. The average molecular weight is 243 g/mol. The maximum atomic E-state index is 4.70. The zero-order valence-electron chi connectivity index (χ0n) is 10.5. The van der Waals surface area contributed by atoms with Crippen LogP contribution in [0.2, 0.25) is 0 Å². The van der Waals surface area contributed by atoms with Gasteiger partial charge in [0.2, 0.25) is 0 Å². The Labute approximate surface area is 106 Å². The standard InChI is InChI=1S/C13H17N5/c1-2-12-16-6-7-18(12)13-9-14-8-11(17-13)10-4-3-5-15-10/h6-10,15H,2-5H2,1H3. The van der Waals surface area contributed by atoms with Crippen LogP contribution >= 0.6 is 0 Å². The largest absolute Gasteiger partial charge is 0.309 e. The first-order valence-corrected chi connectivity index (χ1v) is 6.46. The molecule has 3 rings (SSSR count). The van der Waals surface area contributed by atoms with Gasteiger partial charge in [-0.1, -0.05) is 6.92 Å². The van der Waals surface area contributed by atoms with Crippen LogP contribution in [-0.4, -0.2) is 26.1 Å². The van der Waals surface area contributed by atoms with Gasteiger partial charge in [0.25, 0.3) is 0 Å². The number of hydrogen-bond acceptors (Lipinski definition) is 4. The van der Waals surface area contributed by atoms with Gasteiger partial charge >= 0.3 is 0 Å². The van der Waals surface area contributed by atoms with Crippen molar-refractivity contribution in [3.8, 4) is 5.82 Å². The summed E-state index contributed by atoms with van der Waals surface area (Å²) in [5.41, 5.74) is 1.03. The highest BCUT2D eigenvalue weighted by atomic mass is 15.1. The first kappa shape index (κ1) is 11.3. The molecule has 0 radical (unpaired) electrons. The topological polar surface area (TPSA) is 55.6 Å². The first-order chi connectivity index (χ1) is 8.88. The van der Waals surface area contributed by atoms with Crippen molar-refractivity contribution in [1.82, 2.24) is 24.8 Å². The quantitative estimate of drug-likeness (QED) is 0.890. The van der Waals surface area contributed by atoms with E-state index in [0.717, 1.165) is 36.7 Å². The molecule has 5 nitrogen and oxygen atoms in total. The van der Waals surface area contributed by atoms with Crippen LogP contribution in [-0.2, 0) is 6.42 Å². The highest BCUT2D eigenvalue weighted by Gasteiger charge is 2.18. The van der Waals surface area contributed by atoms with Crippen molar-refractivity contribution in [2.24, 2.45) is 0 Å². The van der Waals surface area contributed by atoms with Gasteiger partial charge in [-0.3, -0.25) is 9.55 Å². The lowest BCUT2D eigenvalue weighted by Crippen LogP contribution is -2.15. The van der Waals surface area contributed by atoms with Gasteiger partial charge in [0.05, 0.1) is 24.1 Å². The molecule has 5 heteroatoms. The Kier molecular flexibility index (Phi) is 3.06. The lowest BCUT2D eigenvalue weighted by atomic mass is 10.2. The van der Waals surface area contributed by atoms with Gasteiger partial charge < -0.3 is 5.32 Å². The van der Waals surface area contributed by atoms with Crippen molar-refractivity contribution in [2.75, 3.05) is 6.54 Å². The molecule has 1 N–H and O–H groups in total. The summed E-state index contributed by atoms with van der Waals surface area (Å²) in [6.45, 7) is 3.16. The molecule has 1 fully saturated rings. The van der Waals surface area contributed by atoms with Crippen LogP contribution in [0.1, 0.15) is 37.3 Å². The summed E-state index contributed by atoms with van der Waals surface area (Å²) in [5, 5.41) is 3.45. The Morgan fingerprint density at radius 3 is 3.17 bits per heavy atom. The molecule has 0 spiro atoms. The molecule has 1 aliphatic heterocycles. The van der Waals surface area contributed by atoms with Gasteiger partial charge in [0.1, 0.15) is 5.82 Å². The molecule has 2 aromatic rings. The van der Waals surface area contributed by atoms with Crippen LogP contribution in [0, 0.1) is 0 Å². The summed E-state index contributed by atoms with van der Waals surface area (Å²) in [6.07, 6.45) is 10.6. The predicted octanol–water partition coefficient (Wildman–Crippen LogP) is 1.65. The average Bonchev–Trinajstić information content (AvgIpc) is 3.10. The van der Waals surface area contributed by atoms with Crippen LogP contribution in [0.4, 0.5) is 0 Å². The normalized spacial score (nSPS) is 19.3. The maximum Gasteiger partial charge on any atom is 0.156 e. The molecular formula is C13H17N5. The van der Waals surface area contributed by atoms with Gasteiger partial charge in [-0.05, 0) is 19.4 Å². The fraction of sp³-hybridized carbons (Fsp3) is 0.462. The summed E-state index contributed by atoms with van der Waals surface area (Å²) in [5.74, 6) is 1.87. The van der Waals surface area contributed by atoms with Gasteiger partial charge in [-0.2, -0.15) is 0 Å². The molecule has 94 valence electrons. The highest BCUT2D eigenvalue weighted by molar-refractivity contribution is 5.24. The van der Waals surface area contributed by atoms with Crippen LogP contribution in [0.3, 0.4) is 0 Å². The SMILES string of the molecule is CCc1nccn1-c1cncc(C2CCCN2)n1. The van der Waals surface area contributed by atoms with Crippen molar-refractivity contribution in [3.05, 3.63) is 36.3 Å². The summed E-state index contributed by atoms with van der Waals surface area (Å²) >= 11 is 0. The first-order valence-electron chi connectivity index (χ1n) is 6.46. The Balaban J connectivity index is 1.95. The molecule has 1 atom stereocenters. The van der Waals surface area contributed by atoms with E-state index >= 15 is 0 Å². The molecule has 2 aromatic heterocycles. The molecule has 0 saturated carbocycles. The van der Waals surface area contributed by atoms with E-state index < -0.39 is 0 Å². The number of aromatic nitrogens is 4. The van der Waals surface area contributed by atoms with Crippen LogP contribution < -0.4 is 5.32 Å². The molecule has 1 saturated heterocycles. The van der Waals surface area contributed by atoms with Gasteiger partial charge in [0.15, 0.2) is 5.82 Å². The second kappa shape index (κ2) is 4.86. The fourth-order valence-corrected chi connectivity index (χ4v) is 2.40. The van der Waals surface area contributed by atoms with E-state index in [1.807, 2.05) is 17.0 Å². The lowest BCUT2D eigenvalue weighted by Gasteiger charge is -2.11. The number of rotatable bonds is 3. The molecular weight excluding hydrogens is 226 g/mol. The second-order valence-corrected chi connectivity index (χ2v) is 4.52. The fourth-order valence-electron chi connectivity index (χ4n) is 2.40. The predicted molar refractivity (Wildman–Crippen MR) is 68.5 cm³/mol. The Bertz CT molecular complexity index is 528. The van der Waals surface area contributed by atoms with Gasteiger partial charge in [-0.25, -0.2) is 9.97 Å². The molecule has 0 bridgehead atoms. The second-order valence-electron chi connectivity index (χ2n) is 4.52. The number of hydrogen-bond donors (Lipinski definition) is 1. The van der Waals surface area contributed by atoms with Crippen LogP contribution in [0.5, 0.6) is 0 Å². The third-order valence-corrected chi connectivity index (χ3v) is 3.34. The molecule has 18 heavy (non-hydrogen) atoms. The maximum absolute atomic E-state index is 4.70. The summed E-state index contributed by atoms with van der Waals surface area (Å²) in [7, 11) is 0. The number of nitrogens with one attached hydrogen (secondary N) is 1. The Morgan fingerprint density at radius 1 is 1.44 bits per heavy atom. The number of imidazole rings is 1. The molecule has 1 unspecified atom stereocenters. The number of aryl methyl sites for hydroxylation is 1. The van der Waals surface area contributed by atoms with Crippen molar-refractivity contribution >= 4 is 0 Å². The third-order valence-electron chi connectivity index (χ3n) is 3.34. The summed E-state index contributed by atoms with van der Waals surface area (Å²) in [6, 6.07) is 0.353. The third kappa shape index (κ3) is 2.01. The summed E-state index contributed by atoms with van der Waals surface area (Å²) in [4.78, 5) is 13.3. The Hall–Kier alpha value is -1.75. The van der Waals surface area contributed by atoms with Crippen molar-refractivity contribution < 1.29 is 0 Å². The highest BCUT2D eigenvalue weighted by Crippen LogP contribution is 2.21. The van der Waals surface area contributed by atoms with E-state index in [1.165, 1.54) is 6.42 Å². The molecule has 1 aliphatic rings. The Morgan fingerprint density at radius 2 is 2.39 bits per heavy atom. The zero-order chi connectivity index (χ0) is 12.4. The van der Waals surface area contributed by atoms with Gasteiger partial charge in [0, 0.05) is 18.8 Å². The van der Waals surface area contributed by atoms with E-state index in [1.54, 1.807) is 12.4 Å². The molecule has 0 aliphatic carbocycles. The van der Waals surface area contributed by atoms with Crippen molar-refractivity contribution in [3.63, 3.8) is 0 Å². The van der Waals surface area contributed by atoms with E-state index in [2.05, 4.69) is 22.2 Å². The molecule has 3 heterocycles. The van der Waals surface area contributed by atoms with E-state index in [9.17, 15) is 0 Å². The minimum absolute atomic E-state index is 0.353.